The lowest BCUT2D eigenvalue weighted by Gasteiger charge is -2.41. The standard InChI is InChI=1S/C32H41N7OS/c1-4-36(2)41-35-27-19-23(20-34-30(27)39-16-10-24(11-17-39)38-14-6-5-7-15-38)22-8-9-26-25(18-22)29-28(21-33-26)37(3)31(40)32(29)12-13-32/h8-9,18-21,24,35H,4-7,10-17H2,1-3H3. The lowest BCUT2D eigenvalue weighted by Crippen LogP contribution is -2.47. The zero-order valence-corrected chi connectivity index (χ0v) is 25.3. The maximum Gasteiger partial charge on any atom is 0.237 e. The molecule has 41 heavy (non-hydrogen) atoms. The molecular formula is C32H41N7OS. The lowest BCUT2D eigenvalue weighted by atomic mass is 9.92. The van der Waals surface area contributed by atoms with Gasteiger partial charge in [0.15, 0.2) is 5.82 Å². The number of rotatable bonds is 7. The molecule has 0 radical (unpaired) electrons. The number of nitrogens with one attached hydrogen (secondary N) is 1. The molecule has 1 aliphatic carbocycles. The zero-order chi connectivity index (χ0) is 28.1. The molecule has 3 aromatic rings. The molecule has 1 aromatic carbocycles. The first-order chi connectivity index (χ1) is 20.0. The molecule has 5 heterocycles. The number of pyridine rings is 2. The van der Waals surface area contributed by atoms with E-state index in [1.807, 2.05) is 19.4 Å². The SMILES string of the molecule is CCN(C)SNc1cc(-c2ccc3ncc4c(c3c2)C2(CC2)C(=O)N4C)cnc1N1CCC(N2CCCCC2)CC1. The van der Waals surface area contributed by atoms with Crippen LogP contribution in [0.5, 0.6) is 0 Å². The molecule has 1 N–H and O–H groups in total. The quantitative estimate of drug-likeness (QED) is 0.363. The van der Waals surface area contributed by atoms with Crippen LogP contribution < -0.4 is 14.5 Å². The summed E-state index contributed by atoms with van der Waals surface area (Å²) in [6, 6.07) is 9.41. The number of likely N-dealkylation sites (N-methyl/N-ethyl adjacent to an activating group) is 1. The highest BCUT2D eigenvalue weighted by Crippen LogP contribution is 2.58. The van der Waals surface area contributed by atoms with Crippen LogP contribution in [0.25, 0.3) is 22.0 Å². The summed E-state index contributed by atoms with van der Waals surface area (Å²) in [6.45, 7) is 7.70. The third kappa shape index (κ3) is 4.76. The van der Waals surface area contributed by atoms with Crippen molar-refractivity contribution in [2.45, 2.75) is 63.3 Å². The molecule has 7 rings (SSSR count). The monoisotopic (exact) mass is 571 g/mol. The number of hydrogen-bond acceptors (Lipinski definition) is 8. The van der Waals surface area contributed by atoms with Crippen LogP contribution in [0, 0.1) is 0 Å². The fraction of sp³-hybridized carbons (Fsp3) is 0.531. The predicted molar refractivity (Wildman–Crippen MR) is 169 cm³/mol. The Morgan fingerprint density at radius 3 is 2.54 bits per heavy atom. The second-order valence-electron chi connectivity index (χ2n) is 12.2. The molecule has 0 unspecified atom stereocenters. The first-order valence-electron chi connectivity index (χ1n) is 15.3. The van der Waals surface area contributed by atoms with Gasteiger partial charge in [0.2, 0.25) is 5.91 Å². The maximum atomic E-state index is 13.1. The molecule has 1 spiro atoms. The van der Waals surface area contributed by atoms with E-state index in [0.29, 0.717) is 6.04 Å². The molecule has 9 heteroatoms. The van der Waals surface area contributed by atoms with E-state index in [4.69, 9.17) is 9.97 Å². The fourth-order valence-electron chi connectivity index (χ4n) is 7.11. The highest BCUT2D eigenvalue weighted by Gasteiger charge is 2.59. The van der Waals surface area contributed by atoms with Crippen molar-refractivity contribution in [2.75, 3.05) is 61.3 Å². The molecule has 1 amide bonds. The van der Waals surface area contributed by atoms with Crippen molar-refractivity contribution >= 4 is 46.1 Å². The number of amides is 1. The number of fused-ring (bicyclic) bond motifs is 4. The van der Waals surface area contributed by atoms with Crippen molar-refractivity contribution in [3.63, 3.8) is 0 Å². The topological polar surface area (TPSA) is 67.8 Å². The summed E-state index contributed by atoms with van der Waals surface area (Å²) in [7, 11) is 3.98. The number of benzene rings is 1. The minimum absolute atomic E-state index is 0.214. The van der Waals surface area contributed by atoms with Crippen LogP contribution >= 0.6 is 12.1 Å². The minimum Gasteiger partial charge on any atom is -0.355 e. The Morgan fingerprint density at radius 1 is 1.02 bits per heavy atom. The van der Waals surface area contributed by atoms with Crippen LogP contribution in [0.2, 0.25) is 0 Å². The van der Waals surface area contributed by atoms with E-state index in [1.165, 1.54) is 45.2 Å². The van der Waals surface area contributed by atoms with Crippen molar-refractivity contribution in [3.8, 4) is 11.1 Å². The lowest BCUT2D eigenvalue weighted by molar-refractivity contribution is -0.119. The largest absolute Gasteiger partial charge is 0.355 e. The Labute approximate surface area is 247 Å². The molecule has 0 bridgehead atoms. The summed E-state index contributed by atoms with van der Waals surface area (Å²) in [4.78, 5) is 29.9. The van der Waals surface area contributed by atoms with Gasteiger partial charge in [0.25, 0.3) is 0 Å². The molecular weight excluding hydrogens is 530 g/mol. The first-order valence-corrected chi connectivity index (χ1v) is 16.1. The van der Waals surface area contributed by atoms with E-state index < -0.39 is 0 Å². The van der Waals surface area contributed by atoms with Crippen LogP contribution in [0.3, 0.4) is 0 Å². The number of carbonyl (C=O) groups is 1. The van der Waals surface area contributed by atoms with E-state index >= 15 is 0 Å². The molecule has 0 atom stereocenters. The Kier molecular flexibility index (Phi) is 7.07. The van der Waals surface area contributed by atoms with Gasteiger partial charge in [0.05, 0.1) is 28.5 Å². The van der Waals surface area contributed by atoms with E-state index in [0.717, 1.165) is 77.3 Å². The van der Waals surface area contributed by atoms with Gasteiger partial charge in [-0.05, 0) is 82.4 Å². The number of hydrogen-bond donors (Lipinski definition) is 1. The maximum absolute atomic E-state index is 13.1. The second kappa shape index (κ2) is 10.7. The number of piperidine rings is 2. The smallest absolute Gasteiger partial charge is 0.237 e. The highest BCUT2D eigenvalue weighted by molar-refractivity contribution is 7.98. The zero-order valence-electron chi connectivity index (χ0n) is 24.5. The van der Waals surface area contributed by atoms with Crippen LogP contribution in [0.15, 0.2) is 36.7 Å². The van der Waals surface area contributed by atoms with Gasteiger partial charge in [-0.3, -0.25) is 9.78 Å². The normalized spacial score (nSPS) is 20.8. The Hall–Kier alpha value is -2.88. The number of nitrogens with zero attached hydrogens (tertiary/aromatic N) is 6. The van der Waals surface area contributed by atoms with Crippen molar-refractivity contribution in [1.82, 2.24) is 19.2 Å². The summed E-state index contributed by atoms with van der Waals surface area (Å²) >= 11 is 1.62. The molecule has 4 aliphatic rings. The van der Waals surface area contributed by atoms with Gasteiger partial charge in [-0.2, -0.15) is 0 Å². The molecule has 2 saturated heterocycles. The van der Waals surface area contributed by atoms with E-state index in [9.17, 15) is 4.79 Å². The van der Waals surface area contributed by atoms with Crippen LogP contribution in [0.4, 0.5) is 17.2 Å². The van der Waals surface area contributed by atoms with Crippen molar-refractivity contribution in [1.29, 1.82) is 0 Å². The molecule has 8 nitrogen and oxygen atoms in total. The molecule has 3 fully saturated rings. The van der Waals surface area contributed by atoms with Crippen LogP contribution in [0.1, 0.15) is 57.4 Å². The van der Waals surface area contributed by atoms with Crippen molar-refractivity contribution < 1.29 is 4.79 Å². The minimum atomic E-state index is -0.347. The predicted octanol–water partition coefficient (Wildman–Crippen LogP) is 5.69. The van der Waals surface area contributed by atoms with E-state index in [-0.39, 0.29) is 11.3 Å². The first kappa shape index (κ1) is 27.0. The average Bonchev–Trinajstić information content (AvgIpc) is 3.80. The van der Waals surface area contributed by atoms with Gasteiger partial charge in [0.1, 0.15) is 0 Å². The third-order valence-electron chi connectivity index (χ3n) is 9.78. The molecule has 2 aromatic heterocycles. The average molecular weight is 572 g/mol. The van der Waals surface area contributed by atoms with Gasteiger partial charge in [-0.15, -0.1) is 0 Å². The highest BCUT2D eigenvalue weighted by atomic mass is 32.2. The van der Waals surface area contributed by atoms with Gasteiger partial charge >= 0.3 is 0 Å². The van der Waals surface area contributed by atoms with Crippen molar-refractivity contribution in [3.05, 3.63) is 42.2 Å². The number of likely N-dealkylation sites (tertiary alicyclic amines) is 1. The van der Waals surface area contributed by atoms with Crippen molar-refractivity contribution in [2.24, 2.45) is 0 Å². The number of aromatic nitrogens is 2. The molecule has 1 saturated carbocycles. The Balaban J connectivity index is 1.20. The number of carbonyl (C=O) groups excluding carboxylic acids is 1. The second-order valence-corrected chi connectivity index (χ2v) is 13.3. The van der Waals surface area contributed by atoms with Gasteiger partial charge < -0.3 is 19.4 Å². The summed E-state index contributed by atoms with van der Waals surface area (Å²) in [5, 5.41) is 1.09. The summed E-state index contributed by atoms with van der Waals surface area (Å²) in [5.41, 5.74) is 5.94. The molecule has 3 aliphatic heterocycles. The number of anilines is 3. The van der Waals surface area contributed by atoms with E-state index in [2.05, 4.69) is 57.1 Å². The van der Waals surface area contributed by atoms with Crippen LogP contribution in [-0.2, 0) is 10.2 Å². The summed E-state index contributed by atoms with van der Waals surface area (Å²) in [5.74, 6) is 1.25. The van der Waals surface area contributed by atoms with Crippen LogP contribution in [-0.4, -0.2) is 77.9 Å². The van der Waals surface area contributed by atoms with Gasteiger partial charge in [-0.1, -0.05) is 19.4 Å². The van der Waals surface area contributed by atoms with E-state index in [1.54, 1.807) is 17.0 Å². The Morgan fingerprint density at radius 2 is 1.80 bits per heavy atom. The summed E-state index contributed by atoms with van der Waals surface area (Å²) < 4.78 is 5.81. The Bertz CT molecular complexity index is 1460. The van der Waals surface area contributed by atoms with Gasteiger partial charge in [-0.25, -0.2) is 9.29 Å². The van der Waals surface area contributed by atoms with Gasteiger partial charge in [0, 0.05) is 67.6 Å². The summed E-state index contributed by atoms with van der Waals surface area (Å²) in [6.07, 6.45) is 12.2. The molecule has 216 valence electrons. The third-order valence-corrected chi connectivity index (χ3v) is 10.7. The fourth-order valence-corrected chi connectivity index (χ4v) is 7.64.